The number of nitrogens with zero attached hydrogens (tertiary/aromatic N) is 4. The first-order valence-corrected chi connectivity index (χ1v) is 7.40. The molecule has 0 saturated heterocycles. The van der Waals surface area contributed by atoms with Crippen LogP contribution in [-0.4, -0.2) is 43.1 Å². The van der Waals surface area contributed by atoms with Gasteiger partial charge in [0.2, 0.25) is 0 Å². The summed E-state index contributed by atoms with van der Waals surface area (Å²) in [6.07, 6.45) is 1.46. The summed E-state index contributed by atoms with van der Waals surface area (Å²) in [5.74, 6) is -1.35. The Balaban J connectivity index is 1.88. The highest BCUT2D eigenvalue weighted by Crippen LogP contribution is 2.19. The summed E-state index contributed by atoms with van der Waals surface area (Å²) in [6.45, 7) is 4.52. The highest BCUT2D eigenvalue weighted by molar-refractivity contribution is 9.10. The number of carboxylic acid groups (broad SMARTS) is 1. The van der Waals surface area contributed by atoms with E-state index in [1.54, 1.807) is 0 Å². The zero-order valence-corrected chi connectivity index (χ0v) is 13.8. The van der Waals surface area contributed by atoms with Crippen molar-refractivity contribution >= 4 is 27.8 Å². The van der Waals surface area contributed by atoms with Crippen molar-refractivity contribution in [3.63, 3.8) is 0 Å². The molecule has 2 aromatic rings. The number of aryl methyl sites for hydroxylation is 1. The molecule has 0 fully saturated rings. The molecule has 0 radical (unpaired) electrons. The van der Waals surface area contributed by atoms with E-state index in [1.807, 2.05) is 18.5 Å². The first-order chi connectivity index (χ1) is 10.4. The van der Waals surface area contributed by atoms with Crippen LogP contribution in [0.1, 0.15) is 21.9 Å². The number of nitrogens with one attached hydrogen (secondary N) is 1. The van der Waals surface area contributed by atoms with Gasteiger partial charge in [-0.05, 0) is 35.8 Å². The van der Waals surface area contributed by atoms with Gasteiger partial charge in [0, 0.05) is 18.4 Å². The number of carbonyl (C=O) groups is 2. The number of hydrogen-bond acceptors (Lipinski definition) is 4. The van der Waals surface area contributed by atoms with Crippen molar-refractivity contribution in [2.75, 3.05) is 6.54 Å². The first-order valence-electron chi connectivity index (χ1n) is 6.61. The molecule has 2 N–H and O–H groups in total. The molecule has 0 atom stereocenters. The van der Waals surface area contributed by atoms with Crippen molar-refractivity contribution in [1.82, 2.24) is 24.9 Å². The van der Waals surface area contributed by atoms with Crippen LogP contribution in [0.3, 0.4) is 0 Å². The third-order valence-corrected chi connectivity index (χ3v) is 4.22. The van der Waals surface area contributed by atoms with Gasteiger partial charge in [0.1, 0.15) is 12.2 Å². The molecule has 0 unspecified atom stereocenters. The van der Waals surface area contributed by atoms with Crippen LogP contribution >= 0.6 is 15.9 Å². The number of rotatable bonds is 6. The van der Waals surface area contributed by atoms with Crippen LogP contribution < -0.4 is 5.32 Å². The van der Waals surface area contributed by atoms with Gasteiger partial charge >= 0.3 is 5.97 Å². The van der Waals surface area contributed by atoms with Crippen molar-refractivity contribution in [2.24, 2.45) is 0 Å². The van der Waals surface area contributed by atoms with Crippen LogP contribution in [-0.2, 0) is 17.9 Å². The van der Waals surface area contributed by atoms with Gasteiger partial charge in [-0.25, -0.2) is 0 Å². The summed E-state index contributed by atoms with van der Waals surface area (Å²) in [6, 6.07) is 1.48. The van der Waals surface area contributed by atoms with Gasteiger partial charge in [-0.2, -0.15) is 10.2 Å². The van der Waals surface area contributed by atoms with E-state index in [9.17, 15) is 9.59 Å². The van der Waals surface area contributed by atoms with Crippen molar-refractivity contribution in [2.45, 2.75) is 26.9 Å². The molecule has 2 rings (SSSR count). The maximum Gasteiger partial charge on any atom is 0.325 e. The van der Waals surface area contributed by atoms with Gasteiger partial charge in [0.15, 0.2) is 0 Å². The molecule has 8 nitrogen and oxygen atoms in total. The summed E-state index contributed by atoms with van der Waals surface area (Å²) in [7, 11) is 0. The minimum Gasteiger partial charge on any atom is -0.480 e. The van der Waals surface area contributed by atoms with Gasteiger partial charge in [-0.1, -0.05) is 0 Å². The Hall–Kier alpha value is -2.16. The van der Waals surface area contributed by atoms with E-state index in [0.29, 0.717) is 13.1 Å². The van der Waals surface area contributed by atoms with Gasteiger partial charge in [0.25, 0.3) is 5.91 Å². The molecular weight excluding hydrogens is 354 g/mol. The van der Waals surface area contributed by atoms with Crippen LogP contribution in [0.4, 0.5) is 0 Å². The van der Waals surface area contributed by atoms with E-state index in [2.05, 4.69) is 31.4 Å². The minimum atomic E-state index is -1.01. The lowest BCUT2D eigenvalue weighted by Gasteiger charge is -2.05. The molecule has 2 aromatic heterocycles. The molecule has 22 heavy (non-hydrogen) atoms. The molecular formula is C13H16BrN5O3. The molecule has 9 heteroatoms. The Kier molecular flexibility index (Phi) is 4.96. The monoisotopic (exact) mass is 369 g/mol. The topological polar surface area (TPSA) is 102 Å². The SMILES string of the molecule is Cc1nn(CCNC(=O)c2ccn(CC(=O)O)n2)c(C)c1Br. The standard InChI is InChI=1S/C13H16BrN5O3/c1-8-12(14)9(2)19(16-8)6-4-15-13(22)10-3-5-18(17-10)7-11(20)21/h3,5H,4,6-7H2,1-2H3,(H,15,22)(H,20,21). The molecule has 118 valence electrons. The molecule has 0 aliphatic carbocycles. The van der Waals surface area contributed by atoms with Crippen molar-refractivity contribution in [3.05, 3.63) is 33.8 Å². The zero-order chi connectivity index (χ0) is 16.3. The Morgan fingerprint density at radius 1 is 1.36 bits per heavy atom. The van der Waals surface area contributed by atoms with Gasteiger partial charge in [-0.15, -0.1) is 0 Å². The van der Waals surface area contributed by atoms with Crippen molar-refractivity contribution in [3.8, 4) is 0 Å². The summed E-state index contributed by atoms with van der Waals surface area (Å²) < 4.78 is 3.98. The predicted octanol–water partition coefficient (Wildman–Crippen LogP) is 0.974. The number of amides is 1. The number of carbonyl (C=O) groups excluding carboxylic acids is 1. The third kappa shape index (κ3) is 3.73. The van der Waals surface area contributed by atoms with Crippen LogP contribution in [0.2, 0.25) is 0 Å². The Morgan fingerprint density at radius 3 is 2.68 bits per heavy atom. The predicted molar refractivity (Wildman–Crippen MR) is 81.6 cm³/mol. The summed E-state index contributed by atoms with van der Waals surface area (Å²) in [4.78, 5) is 22.5. The fourth-order valence-electron chi connectivity index (χ4n) is 1.97. The fourth-order valence-corrected chi connectivity index (χ4v) is 2.25. The second-order valence-electron chi connectivity index (χ2n) is 4.76. The van der Waals surface area contributed by atoms with Crippen LogP contribution in [0.5, 0.6) is 0 Å². The maximum atomic E-state index is 11.9. The van der Waals surface area contributed by atoms with E-state index in [-0.39, 0.29) is 18.1 Å². The van der Waals surface area contributed by atoms with Crippen LogP contribution in [0, 0.1) is 13.8 Å². The van der Waals surface area contributed by atoms with Crippen LogP contribution in [0.15, 0.2) is 16.7 Å². The van der Waals surface area contributed by atoms with Crippen molar-refractivity contribution in [1.29, 1.82) is 0 Å². The molecule has 0 aromatic carbocycles. The third-order valence-electron chi connectivity index (χ3n) is 3.07. The zero-order valence-electron chi connectivity index (χ0n) is 12.2. The Bertz CT molecular complexity index is 707. The Morgan fingerprint density at radius 2 is 2.09 bits per heavy atom. The maximum absolute atomic E-state index is 11.9. The van der Waals surface area contributed by atoms with Gasteiger partial charge in [-0.3, -0.25) is 19.0 Å². The van der Waals surface area contributed by atoms with E-state index < -0.39 is 5.97 Å². The average Bonchev–Trinajstić information content (AvgIpc) is 3.00. The average molecular weight is 370 g/mol. The molecule has 1 amide bonds. The number of hydrogen-bond donors (Lipinski definition) is 2. The lowest BCUT2D eigenvalue weighted by molar-refractivity contribution is -0.137. The quantitative estimate of drug-likeness (QED) is 0.789. The molecule has 2 heterocycles. The number of aliphatic carboxylic acids is 1. The minimum absolute atomic E-state index is 0.191. The second kappa shape index (κ2) is 6.73. The van der Waals surface area contributed by atoms with Gasteiger partial charge in [0.05, 0.1) is 16.7 Å². The highest BCUT2D eigenvalue weighted by Gasteiger charge is 2.12. The second-order valence-corrected chi connectivity index (χ2v) is 5.55. The molecule has 0 bridgehead atoms. The van der Waals surface area contributed by atoms with E-state index in [1.165, 1.54) is 16.9 Å². The molecule has 0 saturated carbocycles. The normalized spacial score (nSPS) is 10.7. The Labute approximate surface area is 135 Å². The lowest BCUT2D eigenvalue weighted by atomic mass is 10.4. The van der Waals surface area contributed by atoms with E-state index in [4.69, 9.17) is 5.11 Å². The summed E-state index contributed by atoms with van der Waals surface area (Å²) in [5, 5.41) is 19.6. The van der Waals surface area contributed by atoms with E-state index >= 15 is 0 Å². The summed E-state index contributed by atoms with van der Waals surface area (Å²) >= 11 is 3.45. The summed E-state index contributed by atoms with van der Waals surface area (Å²) in [5.41, 5.74) is 2.09. The first kappa shape index (κ1) is 16.2. The van der Waals surface area contributed by atoms with Crippen molar-refractivity contribution < 1.29 is 14.7 Å². The number of halogens is 1. The lowest BCUT2D eigenvalue weighted by Crippen LogP contribution is -2.28. The molecule has 0 aliphatic heterocycles. The highest BCUT2D eigenvalue weighted by atomic mass is 79.9. The fraction of sp³-hybridized carbons (Fsp3) is 0.385. The molecule has 0 spiro atoms. The van der Waals surface area contributed by atoms with E-state index in [0.717, 1.165) is 15.9 Å². The molecule has 0 aliphatic rings. The smallest absolute Gasteiger partial charge is 0.325 e. The van der Waals surface area contributed by atoms with Crippen LogP contribution in [0.25, 0.3) is 0 Å². The largest absolute Gasteiger partial charge is 0.480 e. The number of aromatic nitrogens is 4. The van der Waals surface area contributed by atoms with Gasteiger partial charge < -0.3 is 10.4 Å². The number of carboxylic acids is 1.